The van der Waals surface area contributed by atoms with E-state index in [4.69, 9.17) is 23.8 Å². The lowest BCUT2D eigenvalue weighted by atomic mass is 9.96. The van der Waals surface area contributed by atoms with Crippen LogP contribution in [0.2, 0.25) is 5.02 Å². The number of nitrogens with zero attached hydrogens (tertiary/aromatic N) is 3. The molecule has 0 bridgehead atoms. The number of thiocarbonyl (C=S) groups is 1. The zero-order chi connectivity index (χ0) is 26.5. The Bertz CT molecular complexity index is 1490. The highest BCUT2D eigenvalue weighted by Gasteiger charge is 2.43. The van der Waals surface area contributed by atoms with Crippen LogP contribution in [0.4, 0.5) is 18.9 Å². The molecule has 2 N–H and O–H groups in total. The molecule has 1 saturated heterocycles. The van der Waals surface area contributed by atoms with Gasteiger partial charge >= 0.3 is 6.18 Å². The summed E-state index contributed by atoms with van der Waals surface area (Å²) in [6.07, 6.45) is -2.77. The minimum Gasteiger partial charge on any atom is -0.506 e. The zero-order valence-corrected chi connectivity index (χ0v) is 21.4. The van der Waals surface area contributed by atoms with Crippen LogP contribution in [0, 0.1) is 13.8 Å². The molecule has 5 nitrogen and oxygen atoms in total. The summed E-state index contributed by atoms with van der Waals surface area (Å²) >= 11 is 12.0. The van der Waals surface area contributed by atoms with Gasteiger partial charge in [-0.3, -0.25) is 4.98 Å². The van der Waals surface area contributed by atoms with Crippen LogP contribution in [0.25, 0.3) is 5.69 Å². The number of rotatable bonds is 4. The standard InChI is InChI=1S/C27H22ClF3N4OS/c1-15-12-20(16(2)34(15)19-7-5-6-17(13-19)27(29,30)31)25-24(21-8-3-4-11-32-21)33-26(37)35(25)22-14-18(28)9-10-23(22)36/h3-14,24-25,36H,1-2H3,(H,33,37)/t24-,25+/m0/s1. The normalized spacial score (nSPS) is 17.8. The molecule has 0 aliphatic carbocycles. The van der Waals surface area contributed by atoms with E-state index in [0.717, 1.165) is 34.8 Å². The monoisotopic (exact) mass is 542 g/mol. The van der Waals surface area contributed by atoms with Gasteiger partial charge in [0.25, 0.3) is 0 Å². The number of anilines is 1. The van der Waals surface area contributed by atoms with Crippen molar-refractivity contribution in [3.63, 3.8) is 0 Å². The van der Waals surface area contributed by atoms with Crippen LogP contribution in [0.1, 0.15) is 40.3 Å². The minimum atomic E-state index is -4.46. The Labute approximate surface area is 222 Å². The number of phenols is 1. The van der Waals surface area contributed by atoms with E-state index in [-0.39, 0.29) is 5.75 Å². The molecule has 0 spiro atoms. The van der Waals surface area contributed by atoms with Crippen molar-refractivity contribution in [2.45, 2.75) is 32.1 Å². The molecule has 2 aromatic heterocycles. The van der Waals surface area contributed by atoms with Crippen molar-refractivity contribution in [1.29, 1.82) is 0 Å². The molecular weight excluding hydrogens is 521 g/mol. The van der Waals surface area contributed by atoms with Gasteiger partial charge < -0.3 is 19.9 Å². The summed E-state index contributed by atoms with van der Waals surface area (Å²) in [6.45, 7) is 3.70. The largest absolute Gasteiger partial charge is 0.506 e. The number of benzene rings is 2. The maximum absolute atomic E-state index is 13.4. The van der Waals surface area contributed by atoms with E-state index in [1.54, 1.807) is 33.9 Å². The van der Waals surface area contributed by atoms with E-state index >= 15 is 0 Å². The fourth-order valence-corrected chi connectivity index (χ4v) is 5.43. The van der Waals surface area contributed by atoms with Gasteiger partial charge in [0.05, 0.1) is 29.0 Å². The van der Waals surface area contributed by atoms with Gasteiger partial charge in [-0.2, -0.15) is 13.2 Å². The fraction of sp³-hybridized carbons (Fsp3) is 0.185. The molecule has 0 saturated carbocycles. The summed E-state index contributed by atoms with van der Waals surface area (Å²) in [5, 5.41) is 14.8. The Balaban J connectivity index is 1.70. The number of hydrogen-bond acceptors (Lipinski definition) is 3. The van der Waals surface area contributed by atoms with Gasteiger partial charge in [-0.05, 0) is 86.2 Å². The molecule has 2 atom stereocenters. The number of nitrogens with one attached hydrogen (secondary N) is 1. The van der Waals surface area contributed by atoms with E-state index in [2.05, 4.69) is 10.3 Å². The maximum atomic E-state index is 13.4. The van der Waals surface area contributed by atoms with Crippen molar-refractivity contribution < 1.29 is 18.3 Å². The summed E-state index contributed by atoms with van der Waals surface area (Å²) in [5.74, 6) is -0.00749. The van der Waals surface area contributed by atoms with Crippen LogP contribution in [0.3, 0.4) is 0 Å². The number of pyridine rings is 1. The molecule has 1 aliphatic rings. The smallest absolute Gasteiger partial charge is 0.416 e. The number of aryl methyl sites for hydroxylation is 1. The Morgan fingerprint density at radius 2 is 1.81 bits per heavy atom. The van der Waals surface area contributed by atoms with E-state index in [1.165, 1.54) is 12.1 Å². The highest BCUT2D eigenvalue weighted by molar-refractivity contribution is 7.80. The fourth-order valence-electron chi connectivity index (χ4n) is 4.93. The molecule has 0 amide bonds. The van der Waals surface area contributed by atoms with Crippen LogP contribution < -0.4 is 10.2 Å². The lowest BCUT2D eigenvalue weighted by molar-refractivity contribution is -0.137. The third kappa shape index (κ3) is 4.53. The molecule has 10 heteroatoms. The molecule has 5 rings (SSSR count). The minimum absolute atomic E-state index is 0.00749. The first kappa shape index (κ1) is 25.1. The predicted octanol–water partition coefficient (Wildman–Crippen LogP) is 7.04. The average Bonchev–Trinajstić information content (AvgIpc) is 3.35. The van der Waals surface area contributed by atoms with E-state index in [9.17, 15) is 18.3 Å². The van der Waals surface area contributed by atoms with Gasteiger partial charge in [-0.25, -0.2) is 0 Å². The SMILES string of the molecule is Cc1cc([C@@H]2[C@H](c3ccccn3)NC(=S)N2c2cc(Cl)ccc2O)c(C)n1-c1cccc(C(F)(F)F)c1. The molecule has 190 valence electrons. The lowest BCUT2D eigenvalue weighted by Gasteiger charge is -2.28. The van der Waals surface area contributed by atoms with Crippen molar-refractivity contribution >= 4 is 34.6 Å². The van der Waals surface area contributed by atoms with Crippen LogP contribution in [0.15, 0.2) is 72.9 Å². The Morgan fingerprint density at radius 3 is 2.51 bits per heavy atom. The van der Waals surface area contributed by atoms with Gasteiger partial charge in [-0.15, -0.1) is 0 Å². The number of phenolic OH excluding ortho intramolecular Hbond substituents is 1. The van der Waals surface area contributed by atoms with Crippen LogP contribution in [-0.2, 0) is 6.18 Å². The second kappa shape index (κ2) is 9.39. The van der Waals surface area contributed by atoms with Crippen molar-refractivity contribution in [1.82, 2.24) is 14.9 Å². The highest BCUT2D eigenvalue weighted by Crippen LogP contribution is 2.46. The first-order chi connectivity index (χ1) is 17.6. The lowest BCUT2D eigenvalue weighted by Crippen LogP contribution is -2.29. The Morgan fingerprint density at radius 1 is 1.03 bits per heavy atom. The Hall–Kier alpha value is -3.56. The maximum Gasteiger partial charge on any atom is 0.416 e. The first-order valence-corrected chi connectivity index (χ1v) is 12.2. The topological polar surface area (TPSA) is 53.3 Å². The number of halogens is 4. The summed E-state index contributed by atoms with van der Waals surface area (Å²) in [5.41, 5.74) is 3.12. The quantitative estimate of drug-likeness (QED) is 0.271. The van der Waals surface area contributed by atoms with Crippen molar-refractivity contribution in [3.8, 4) is 11.4 Å². The van der Waals surface area contributed by atoms with Crippen LogP contribution in [0.5, 0.6) is 5.75 Å². The van der Waals surface area contributed by atoms with Crippen molar-refractivity contribution in [3.05, 3.63) is 106 Å². The molecule has 1 aliphatic heterocycles. The summed E-state index contributed by atoms with van der Waals surface area (Å²) in [6, 6.07) is 16.6. The van der Waals surface area contributed by atoms with E-state index < -0.39 is 23.8 Å². The van der Waals surface area contributed by atoms with E-state index in [0.29, 0.717) is 21.5 Å². The molecule has 2 aromatic carbocycles. The summed E-state index contributed by atoms with van der Waals surface area (Å²) < 4.78 is 42.1. The summed E-state index contributed by atoms with van der Waals surface area (Å²) in [7, 11) is 0. The van der Waals surface area contributed by atoms with Crippen molar-refractivity contribution in [2.75, 3.05) is 4.90 Å². The van der Waals surface area contributed by atoms with E-state index in [1.807, 2.05) is 38.1 Å². The molecule has 1 fully saturated rings. The number of alkyl halides is 3. The van der Waals surface area contributed by atoms with Gasteiger partial charge in [0.15, 0.2) is 5.11 Å². The van der Waals surface area contributed by atoms with Gasteiger partial charge in [0, 0.05) is 28.3 Å². The van der Waals surface area contributed by atoms with Crippen LogP contribution in [-0.4, -0.2) is 19.8 Å². The van der Waals surface area contributed by atoms with Crippen LogP contribution >= 0.6 is 23.8 Å². The third-order valence-corrected chi connectivity index (χ3v) is 7.07. The van der Waals surface area contributed by atoms with Crippen molar-refractivity contribution in [2.24, 2.45) is 0 Å². The molecule has 3 heterocycles. The third-order valence-electron chi connectivity index (χ3n) is 6.52. The highest BCUT2D eigenvalue weighted by atomic mass is 35.5. The number of hydrogen-bond donors (Lipinski definition) is 2. The molecule has 4 aromatic rings. The zero-order valence-electron chi connectivity index (χ0n) is 19.8. The average molecular weight is 543 g/mol. The van der Waals surface area contributed by atoms with Gasteiger partial charge in [-0.1, -0.05) is 23.7 Å². The second-order valence-electron chi connectivity index (χ2n) is 8.84. The molecule has 37 heavy (non-hydrogen) atoms. The summed E-state index contributed by atoms with van der Waals surface area (Å²) in [4.78, 5) is 6.31. The Kier molecular flexibility index (Phi) is 6.37. The number of aromatic nitrogens is 2. The molecular formula is C27H22ClF3N4OS. The number of aromatic hydroxyl groups is 1. The second-order valence-corrected chi connectivity index (χ2v) is 9.66. The molecule has 0 unspecified atom stereocenters. The first-order valence-electron chi connectivity index (χ1n) is 11.4. The van der Waals surface area contributed by atoms with Gasteiger partial charge in [0.1, 0.15) is 5.75 Å². The van der Waals surface area contributed by atoms with Gasteiger partial charge in [0.2, 0.25) is 0 Å². The molecule has 0 radical (unpaired) electrons. The predicted molar refractivity (Wildman–Crippen MR) is 141 cm³/mol.